The Labute approximate surface area is 106 Å². The molecule has 92 valence electrons. The predicted octanol–water partition coefficient (Wildman–Crippen LogP) is 1.73. The minimum absolute atomic E-state index is 0.252. The maximum absolute atomic E-state index is 10.7. The summed E-state index contributed by atoms with van der Waals surface area (Å²) < 4.78 is 11.3. The van der Waals surface area contributed by atoms with E-state index in [1.807, 2.05) is 0 Å². The lowest BCUT2D eigenvalue weighted by molar-refractivity contribution is -0.147. The lowest BCUT2D eigenvalue weighted by Crippen LogP contribution is -2.11. The number of carboxylic acid groups (broad SMARTS) is 1. The molecule has 1 aromatic carbocycles. The standard InChI is InChI=1S/C11H11BrO5/c12-8-6(9(13)11(14)15)2-3-7-10(8)17-5-1-4-16-7/h2-3,9,13H,1,4-5H2,(H,14,15). The maximum atomic E-state index is 10.7. The molecule has 17 heavy (non-hydrogen) atoms. The van der Waals surface area contributed by atoms with Gasteiger partial charge in [0.1, 0.15) is 0 Å². The van der Waals surface area contributed by atoms with Crippen molar-refractivity contribution in [2.24, 2.45) is 0 Å². The van der Waals surface area contributed by atoms with Crippen LogP contribution in [0.25, 0.3) is 0 Å². The molecule has 0 aliphatic carbocycles. The highest BCUT2D eigenvalue weighted by molar-refractivity contribution is 9.10. The average molecular weight is 303 g/mol. The van der Waals surface area contributed by atoms with Crippen molar-refractivity contribution in [1.29, 1.82) is 0 Å². The van der Waals surface area contributed by atoms with E-state index in [-0.39, 0.29) is 5.56 Å². The molecule has 1 heterocycles. The topological polar surface area (TPSA) is 76.0 Å². The molecular weight excluding hydrogens is 292 g/mol. The Bertz CT molecular complexity index is 446. The van der Waals surface area contributed by atoms with E-state index in [9.17, 15) is 9.90 Å². The van der Waals surface area contributed by atoms with Crippen molar-refractivity contribution < 1.29 is 24.5 Å². The van der Waals surface area contributed by atoms with E-state index >= 15 is 0 Å². The van der Waals surface area contributed by atoms with Gasteiger partial charge in [0.05, 0.1) is 17.7 Å². The van der Waals surface area contributed by atoms with Gasteiger partial charge in [-0.1, -0.05) is 6.07 Å². The number of carboxylic acids is 1. The summed E-state index contributed by atoms with van der Waals surface area (Å²) in [6.07, 6.45) is -0.820. The Morgan fingerprint density at radius 3 is 2.76 bits per heavy atom. The van der Waals surface area contributed by atoms with Gasteiger partial charge >= 0.3 is 5.97 Å². The smallest absolute Gasteiger partial charge is 0.337 e. The van der Waals surface area contributed by atoms with Crippen molar-refractivity contribution in [2.45, 2.75) is 12.5 Å². The molecule has 0 radical (unpaired) electrons. The quantitative estimate of drug-likeness (QED) is 0.870. The largest absolute Gasteiger partial charge is 0.490 e. The summed E-state index contributed by atoms with van der Waals surface area (Å²) in [5.74, 6) is -0.309. The Hall–Kier alpha value is -1.27. The van der Waals surface area contributed by atoms with Crippen molar-refractivity contribution in [3.05, 3.63) is 22.2 Å². The van der Waals surface area contributed by atoms with Crippen LogP contribution in [-0.4, -0.2) is 29.4 Å². The number of hydrogen-bond donors (Lipinski definition) is 2. The van der Waals surface area contributed by atoms with Gasteiger partial charge < -0.3 is 19.7 Å². The third-order valence-electron chi connectivity index (χ3n) is 2.41. The van der Waals surface area contributed by atoms with Crippen LogP contribution in [0.15, 0.2) is 16.6 Å². The van der Waals surface area contributed by atoms with E-state index in [1.54, 1.807) is 6.07 Å². The normalized spacial score (nSPS) is 16.1. The Morgan fingerprint density at radius 2 is 2.06 bits per heavy atom. The molecule has 5 nitrogen and oxygen atoms in total. The van der Waals surface area contributed by atoms with E-state index in [0.29, 0.717) is 29.2 Å². The minimum atomic E-state index is -1.58. The Kier molecular flexibility index (Phi) is 3.54. The van der Waals surface area contributed by atoms with Crippen molar-refractivity contribution >= 4 is 21.9 Å². The van der Waals surface area contributed by atoms with Gasteiger partial charge in [0.2, 0.25) is 0 Å². The molecule has 0 aromatic heterocycles. The molecule has 0 saturated heterocycles. The molecule has 0 bridgehead atoms. The molecule has 0 amide bonds. The van der Waals surface area contributed by atoms with Gasteiger partial charge in [-0.15, -0.1) is 0 Å². The third-order valence-corrected chi connectivity index (χ3v) is 3.23. The summed E-state index contributed by atoms with van der Waals surface area (Å²) in [6.45, 7) is 1.05. The first-order valence-electron chi connectivity index (χ1n) is 5.10. The van der Waals surface area contributed by atoms with Crippen molar-refractivity contribution in [3.63, 3.8) is 0 Å². The maximum Gasteiger partial charge on any atom is 0.337 e. The highest BCUT2D eigenvalue weighted by atomic mass is 79.9. The van der Waals surface area contributed by atoms with Crippen LogP contribution in [0.3, 0.4) is 0 Å². The number of aliphatic hydroxyl groups excluding tert-OH is 1. The molecule has 6 heteroatoms. The van der Waals surface area contributed by atoms with E-state index in [2.05, 4.69) is 15.9 Å². The second-order valence-electron chi connectivity index (χ2n) is 3.59. The summed E-state index contributed by atoms with van der Waals surface area (Å²) in [4.78, 5) is 10.7. The fraction of sp³-hybridized carbons (Fsp3) is 0.364. The number of benzene rings is 1. The summed E-state index contributed by atoms with van der Waals surface area (Å²) in [7, 11) is 0. The Morgan fingerprint density at radius 1 is 1.35 bits per heavy atom. The molecule has 0 fully saturated rings. The zero-order valence-electron chi connectivity index (χ0n) is 8.85. The highest BCUT2D eigenvalue weighted by Gasteiger charge is 2.24. The van der Waals surface area contributed by atoms with Crippen molar-refractivity contribution in [2.75, 3.05) is 13.2 Å². The van der Waals surface area contributed by atoms with Crippen LogP contribution in [-0.2, 0) is 4.79 Å². The second-order valence-corrected chi connectivity index (χ2v) is 4.38. The van der Waals surface area contributed by atoms with E-state index < -0.39 is 12.1 Å². The summed E-state index contributed by atoms with van der Waals surface area (Å²) in [5.41, 5.74) is 0.252. The third kappa shape index (κ3) is 2.37. The molecule has 0 spiro atoms. The molecule has 1 aliphatic rings. The van der Waals surface area contributed by atoms with E-state index in [0.717, 1.165) is 6.42 Å². The number of aliphatic carboxylic acids is 1. The molecule has 1 atom stereocenters. The molecule has 2 N–H and O–H groups in total. The molecular formula is C11H11BrO5. The molecule has 1 unspecified atom stereocenters. The first kappa shape index (κ1) is 12.2. The molecule has 1 aliphatic heterocycles. The number of aliphatic hydroxyl groups is 1. The van der Waals surface area contributed by atoms with Gasteiger partial charge in [-0.25, -0.2) is 4.79 Å². The fourth-order valence-electron chi connectivity index (χ4n) is 1.56. The number of ether oxygens (including phenoxy) is 2. The molecule has 1 aromatic rings. The first-order valence-corrected chi connectivity index (χ1v) is 5.89. The van der Waals surface area contributed by atoms with Crippen LogP contribution in [0.1, 0.15) is 18.1 Å². The highest BCUT2D eigenvalue weighted by Crippen LogP contribution is 2.41. The number of rotatable bonds is 2. The summed E-state index contributed by atoms with van der Waals surface area (Å²) >= 11 is 3.24. The van der Waals surface area contributed by atoms with E-state index in [1.165, 1.54) is 6.07 Å². The monoisotopic (exact) mass is 302 g/mol. The van der Waals surface area contributed by atoms with Gasteiger partial charge in [-0.05, 0) is 22.0 Å². The first-order chi connectivity index (χ1) is 8.11. The second kappa shape index (κ2) is 4.93. The van der Waals surface area contributed by atoms with Crippen LogP contribution in [0.2, 0.25) is 0 Å². The van der Waals surface area contributed by atoms with Gasteiger partial charge in [0, 0.05) is 12.0 Å². The van der Waals surface area contributed by atoms with Crippen LogP contribution >= 0.6 is 15.9 Å². The SMILES string of the molecule is O=C(O)C(O)c1ccc2c(c1Br)OCCCO2. The predicted molar refractivity (Wildman–Crippen MR) is 62.3 cm³/mol. The molecule has 0 saturated carbocycles. The van der Waals surface area contributed by atoms with Crippen molar-refractivity contribution in [1.82, 2.24) is 0 Å². The van der Waals surface area contributed by atoms with Crippen LogP contribution in [0.5, 0.6) is 11.5 Å². The Balaban J connectivity index is 2.44. The van der Waals surface area contributed by atoms with E-state index in [4.69, 9.17) is 14.6 Å². The summed E-state index contributed by atoms with van der Waals surface area (Å²) in [6, 6.07) is 3.11. The van der Waals surface area contributed by atoms with Crippen LogP contribution < -0.4 is 9.47 Å². The number of carbonyl (C=O) groups is 1. The number of hydrogen-bond acceptors (Lipinski definition) is 4. The van der Waals surface area contributed by atoms with Crippen LogP contribution in [0.4, 0.5) is 0 Å². The zero-order chi connectivity index (χ0) is 12.4. The fourth-order valence-corrected chi connectivity index (χ4v) is 2.22. The van der Waals surface area contributed by atoms with Gasteiger partial charge in [0.15, 0.2) is 17.6 Å². The zero-order valence-corrected chi connectivity index (χ0v) is 10.4. The van der Waals surface area contributed by atoms with Crippen LogP contribution in [0, 0.1) is 0 Å². The average Bonchev–Trinajstić information content (AvgIpc) is 2.54. The van der Waals surface area contributed by atoms with Gasteiger partial charge in [-0.2, -0.15) is 0 Å². The minimum Gasteiger partial charge on any atom is -0.490 e. The van der Waals surface area contributed by atoms with Gasteiger partial charge in [0.25, 0.3) is 0 Å². The number of fused-ring (bicyclic) bond motifs is 1. The molecule has 2 rings (SSSR count). The number of halogens is 1. The summed E-state index contributed by atoms with van der Waals surface area (Å²) in [5, 5.41) is 18.3. The lowest BCUT2D eigenvalue weighted by Gasteiger charge is -2.14. The lowest BCUT2D eigenvalue weighted by atomic mass is 10.1. The van der Waals surface area contributed by atoms with Gasteiger partial charge in [-0.3, -0.25) is 0 Å². The van der Waals surface area contributed by atoms with Crippen molar-refractivity contribution in [3.8, 4) is 11.5 Å².